The molecule has 1 aliphatic heterocycles. The fraction of sp³-hybridized carbons (Fsp3) is 0.500. The van der Waals surface area contributed by atoms with Crippen molar-refractivity contribution in [2.45, 2.75) is 76.0 Å². The van der Waals surface area contributed by atoms with Gasteiger partial charge >= 0.3 is 24.6 Å². The summed E-state index contributed by atoms with van der Waals surface area (Å²) in [6.45, 7) is 2.58. The van der Waals surface area contributed by atoms with Crippen LogP contribution in [-0.4, -0.2) is 56.7 Å². The Balaban J connectivity index is 1.92. The van der Waals surface area contributed by atoms with Crippen LogP contribution in [0.4, 0.5) is 50.0 Å². The molecule has 0 saturated heterocycles. The van der Waals surface area contributed by atoms with E-state index >= 15 is 0 Å². The van der Waals surface area contributed by atoms with Gasteiger partial charge in [-0.3, -0.25) is 10.2 Å². The molecule has 2 aromatic carbocycles. The quantitative estimate of drug-likeness (QED) is 0.248. The number of nitrogens with one attached hydrogen (secondary N) is 1. The van der Waals surface area contributed by atoms with Gasteiger partial charge in [-0.2, -0.15) is 44.3 Å². The molecule has 0 bridgehead atoms. The average molecular weight is 684 g/mol. The highest BCUT2D eigenvalue weighted by Crippen LogP contribution is 2.44. The lowest BCUT2D eigenvalue weighted by atomic mass is 9.87. The molecule has 47 heavy (non-hydrogen) atoms. The van der Waals surface area contributed by atoms with E-state index in [0.717, 1.165) is 23.0 Å². The van der Waals surface area contributed by atoms with Crippen LogP contribution in [0.5, 0.6) is 0 Å². The minimum Gasteiger partial charge on any atom is -0.449 e. The molecule has 4 rings (SSSR count). The zero-order valence-corrected chi connectivity index (χ0v) is 24.8. The Morgan fingerprint density at radius 1 is 1.00 bits per heavy atom. The minimum atomic E-state index is -5.22. The van der Waals surface area contributed by atoms with Crippen LogP contribution in [0.2, 0.25) is 0 Å². The van der Waals surface area contributed by atoms with E-state index in [2.05, 4.69) is 20.7 Å². The highest BCUT2D eigenvalue weighted by Gasteiger charge is 2.42. The average Bonchev–Trinajstić information content (AvgIpc) is 3.45. The number of carbonyl (C=O) groups is 1. The summed E-state index contributed by atoms with van der Waals surface area (Å²) < 4.78 is 130. The number of amides is 1. The van der Waals surface area contributed by atoms with E-state index in [1.165, 1.54) is 11.8 Å². The van der Waals surface area contributed by atoms with Crippen molar-refractivity contribution in [3.8, 4) is 0 Å². The number of aromatic nitrogens is 4. The Kier molecular flexibility index (Phi) is 10.4. The summed E-state index contributed by atoms with van der Waals surface area (Å²) in [5.41, 5.74) is 0.228. The third-order valence-corrected chi connectivity index (χ3v) is 7.48. The summed E-state index contributed by atoms with van der Waals surface area (Å²) in [4.78, 5) is 14.9. The lowest BCUT2D eigenvalue weighted by Gasteiger charge is -2.41. The van der Waals surface area contributed by atoms with Gasteiger partial charge in [0.05, 0.1) is 47.7 Å². The molecule has 19 heteroatoms. The fourth-order valence-corrected chi connectivity index (χ4v) is 5.26. The number of benzene rings is 2. The van der Waals surface area contributed by atoms with Crippen molar-refractivity contribution >= 4 is 11.8 Å². The molecule has 0 spiro atoms. The molecule has 1 amide bonds. The lowest BCUT2D eigenvalue weighted by Crippen LogP contribution is -2.47. The maximum atomic E-state index is 13.8. The molecule has 0 saturated carbocycles. The number of halogens is 9. The minimum absolute atomic E-state index is 0.00601. The zero-order chi connectivity index (χ0) is 34.9. The number of alkyl halides is 9. The molecule has 1 aromatic heterocycles. The zero-order valence-electron chi connectivity index (χ0n) is 24.8. The van der Waals surface area contributed by atoms with Crippen LogP contribution in [0.25, 0.3) is 0 Å². The fourth-order valence-electron chi connectivity index (χ4n) is 5.26. The van der Waals surface area contributed by atoms with E-state index in [-0.39, 0.29) is 49.9 Å². The van der Waals surface area contributed by atoms with Crippen LogP contribution in [0.1, 0.15) is 72.4 Å². The summed E-state index contributed by atoms with van der Waals surface area (Å²) in [6.07, 6.45) is -17.2. The molecule has 3 aromatic rings. The molecule has 2 heterocycles. The molecule has 0 aliphatic carbocycles. The molecule has 4 N–H and O–H groups in total. The number of aliphatic hydroxyl groups is 1. The van der Waals surface area contributed by atoms with Crippen molar-refractivity contribution < 1.29 is 54.2 Å². The van der Waals surface area contributed by atoms with E-state index in [1.807, 2.05) is 0 Å². The van der Waals surface area contributed by atoms with E-state index in [1.54, 1.807) is 6.92 Å². The maximum Gasteiger partial charge on any atom is 0.416 e. The van der Waals surface area contributed by atoms with E-state index < -0.39 is 76.9 Å². The Morgan fingerprint density at radius 2 is 1.62 bits per heavy atom. The number of fused-ring (bicyclic) bond motifs is 1. The van der Waals surface area contributed by atoms with E-state index in [4.69, 9.17) is 10.5 Å². The van der Waals surface area contributed by atoms with Crippen LogP contribution < -0.4 is 16.0 Å². The number of carbonyl (C=O) groups excluding carboxylic acids is 1. The molecule has 10 nitrogen and oxygen atoms in total. The van der Waals surface area contributed by atoms with Crippen LogP contribution in [0, 0.1) is 0 Å². The molecule has 0 radical (unpaired) electrons. The number of hydrogen-bond acceptors (Lipinski definition) is 8. The number of aliphatic hydroxyl groups excluding tert-OH is 1. The molecule has 1 aliphatic rings. The summed E-state index contributed by atoms with van der Waals surface area (Å²) in [7, 11) is 0. The predicted molar refractivity (Wildman–Crippen MR) is 147 cm³/mol. The maximum absolute atomic E-state index is 13.8. The first kappa shape index (κ1) is 35.9. The molecular formula is C28H30F9N7O3. The van der Waals surface area contributed by atoms with E-state index in [0.29, 0.717) is 12.1 Å². The second-order valence-electron chi connectivity index (χ2n) is 10.7. The van der Waals surface area contributed by atoms with Gasteiger partial charge in [0.2, 0.25) is 0 Å². The van der Waals surface area contributed by atoms with Gasteiger partial charge in [-0.25, -0.2) is 4.79 Å². The first-order valence-corrected chi connectivity index (χ1v) is 14.3. The Hall–Kier alpha value is -3.97. The number of nitrogens with two attached hydrogens (primary N) is 1. The number of ether oxygens (including phenoxy) is 1. The number of anilines is 1. The first-order valence-electron chi connectivity index (χ1n) is 14.3. The van der Waals surface area contributed by atoms with Crippen molar-refractivity contribution in [2.24, 2.45) is 5.73 Å². The largest absolute Gasteiger partial charge is 0.449 e. The predicted octanol–water partition coefficient (Wildman–Crippen LogP) is 5.61. The smallest absolute Gasteiger partial charge is 0.416 e. The third-order valence-electron chi connectivity index (χ3n) is 7.48. The van der Waals surface area contributed by atoms with Crippen LogP contribution in [0.3, 0.4) is 0 Å². The SMILES string of the molecule is CCOC(=O)N1c2ccc(C(F)(F)F)cc2[C@@H](NC(c2cc(C(F)(F)F)cc(C(F)(F)F)c2)c2nnn(CC(O)CN)n2)C[C@H]1CC. The highest BCUT2D eigenvalue weighted by molar-refractivity contribution is 5.90. The van der Waals surface area contributed by atoms with Crippen LogP contribution in [-0.2, 0) is 29.8 Å². The molecule has 2 unspecified atom stereocenters. The van der Waals surface area contributed by atoms with Gasteiger partial charge in [0.1, 0.15) is 0 Å². The van der Waals surface area contributed by atoms with Gasteiger partial charge in [0.25, 0.3) is 0 Å². The third kappa shape index (κ3) is 8.13. The number of nitrogens with zero attached hydrogens (tertiary/aromatic N) is 5. The molecule has 258 valence electrons. The van der Waals surface area contributed by atoms with Gasteiger partial charge in [0, 0.05) is 18.6 Å². The number of tetrazole rings is 1. The van der Waals surface area contributed by atoms with Gasteiger partial charge in [-0.05, 0) is 72.5 Å². The van der Waals surface area contributed by atoms with Crippen LogP contribution >= 0.6 is 0 Å². The summed E-state index contributed by atoms with van der Waals surface area (Å²) in [5, 5.41) is 24.3. The topological polar surface area (TPSA) is 131 Å². The normalized spacial score (nSPS) is 18.5. The van der Waals surface area contributed by atoms with Crippen molar-refractivity contribution in [3.63, 3.8) is 0 Å². The summed E-state index contributed by atoms with van der Waals surface area (Å²) >= 11 is 0. The lowest BCUT2D eigenvalue weighted by molar-refractivity contribution is -0.143. The molecule has 4 atom stereocenters. The Morgan fingerprint density at radius 3 is 2.15 bits per heavy atom. The van der Waals surface area contributed by atoms with Gasteiger partial charge in [-0.1, -0.05) is 6.92 Å². The van der Waals surface area contributed by atoms with Crippen molar-refractivity contribution in [2.75, 3.05) is 18.1 Å². The summed E-state index contributed by atoms with van der Waals surface area (Å²) in [6, 6.07) is -0.256. The van der Waals surface area contributed by atoms with Crippen LogP contribution in [0.15, 0.2) is 36.4 Å². The van der Waals surface area contributed by atoms with Gasteiger partial charge in [-0.15, -0.1) is 10.2 Å². The van der Waals surface area contributed by atoms with Gasteiger partial charge in [0.15, 0.2) is 5.82 Å². The molecule has 0 fully saturated rings. The number of rotatable bonds is 9. The highest BCUT2D eigenvalue weighted by atomic mass is 19.4. The standard InChI is InChI=1S/C28H30F9N7O3/c1-3-18-11-21(20-10-15(26(29,30)31)5-6-22(20)44(18)25(46)47-4-2)39-23(24-40-42-43(41-24)13-19(45)12-38)14-7-16(27(32,33)34)9-17(8-14)28(35,36)37/h5-10,18-19,21,23,39,45H,3-4,11-13,38H2,1-2H3/t18-,19?,21+,23?/m1/s1. The second kappa shape index (κ2) is 13.6. The van der Waals surface area contributed by atoms with E-state index in [9.17, 15) is 49.4 Å². The Bertz CT molecular complexity index is 1530. The van der Waals surface area contributed by atoms with Gasteiger partial charge < -0.3 is 15.6 Å². The first-order chi connectivity index (χ1) is 21.9. The van der Waals surface area contributed by atoms with Crippen molar-refractivity contribution in [1.29, 1.82) is 0 Å². The summed E-state index contributed by atoms with van der Waals surface area (Å²) in [5.74, 6) is -0.448. The molecular weight excluding hydrogens is 653 g/mol. The monoisotopic (exact) mass is 683 g/mol. The number of hydrogen-bond donors (Lipinski definition) is 3. The van der Waals surface area contributed by atoms with Crippen molar-refractivity contribution in [3.05, 3.63) is 70.0 Å². The van der Waals surface area contributed by atoms with Crippen molar-refractivity contribution in [1.82, 2.24) is 25.5 Å². The Labute approximate surface area is 261 Å². The second-order valence-corrected chi connectivity index (χ2v) is 10.7.